The van der Waals surface area contributed by atoms with Gasteiger partial charge in [0.15, 0.2) is 11.6 Å². The number of halogens is 2. The molecular weight excluding hydrogens is 528 g/mol. The zero-order chi connectivity index (χ0) is 28.3. The Hall–Kier alpha value is -3.66. The molecule has 1 heterocycles. The second kappa shape index (κ2) is 11.6. The molecule has 1 atom stereocenters. The lowest BCUT2D eigenvalue weighted by molar-refractivity contribution is -0.136. The number of benzene rings is 3. The Kier molecular flexibility index (Phi) is 8.44. The Morgan fingerprint density at radius 3 is 2.67 bits per heavy atom. The van der Waals surface area contributed by atoms with E-state index in [1.165, 1.54) is 12.1 Å². The molecule has 0 saturated carbocycles. The van der Waals surface area contributed by atoms with Gasteiger partial charge in [0.25, 0.3) is 0 Å². The topological polar surface area (TPSA) is 102 Å². The molecule has 1 aliphatic heterocycles. The summed E-state index contributed by atoms with van der Waals surface area (Å²) >= 11 is 0. The number of rotatable bonds is 10. The smallest absolute Gasteiger partial charge is 0.303 e. The van der Waals surface area contributed by atoms with Crippen LogP contribution in [0.15, 0.2) is 42.5 Å². The van der Waals surface area contributed by atoms with E-state index in [1.54, 1.807) is 13.0 Å². The third kappa shape index (κ3) is 6.86. The number of sulfone groups is 1. The maximum Gasteiger partial charge on any atom is 0.303 e. The van der Waals surface area contributed by atoms with Gasteiger partial charge in [-0.15, -0.1) is 0 Å². The third-order valence-corrected chi connectivity index (χ3v) is 7.68. The van der Waals surface area contributed by atoms with Gasteiger partial charge in [-0.25, -0.2) is 17.2 Å². The van der Waals surface area contributed by atoms with Gasteiger partial charge in [0.1, 0.15) is 28.0 Å². The Morgan fingerprint density at radius 2 is 1.95 bits per heavy atom. The molecule has 39 heavy (non-hydrogen) atoms. The van der Waals surface area contributed by atoms with Crippen LogP contribution < -0.4 is 14.8 Å². The monoisotopic (exact) mass is 559 g/mol. The summed E-state index contributed by atoms with van der Waals surface area (Å²) in [5.41, 5.74) is 4.38. The van der Waals surface area contributed by atoms with Gasteiger partial charge in [-0.05, 0) is 78.3 Å². The molecule has 7 nitrogen and oxygen atoms in total. The van der Waals surface area contributed by atoms with E-state index in [1.807, 2.05) is 31.2 Å². The largest absolute Gasteiger partial charge is 0.490 e. The lowest BCUT2D eigenvalue weighted by Gasteiger charge is -2.29. The van der Waals surface area contributed by atoms with Crippen molar-refractivity contribution in [2.24, 2.45) is 0 Å². The Labute approximate surface area is 226 Å². The van der Waals surface area contributed by atoms with E-state index in [9.17, 15) is 17.6 Å². The van der Waals surface area contributed by atoms with Crippen molar-refractivity contribution in [3.05, 3.63) is 76.4 Å². The molecule has 3 aromatic carbocycles. The van der Waals surface area contributed by atoms with E-state index >= 15 is 4.39 Å². The minimum Gasteiger partial charge on any atom is -0.490 e. The van der Waals surface area contributed by atoms with Gasteiger partial charge in [-0.1, -0.05) is 18.2 Å². The fraction of sp³-hybridized carbons (Fsp3) is 0.345. The third-order valence-electron chi connectivity index (χ3n) is 6.65. The standard InChI is InChI=1S/C29H31F2NO6S/c1-17-12-26(37-10-5-11-39(3,35)36)29(31)18(2)28(17)21-7-4-6-20(13-21)24-16-38-25-14-19(8-9-27(33)34)22(30)15-23(25)32-24/h4,6-7,12-15,24,32H,5,8-11,16H2,1-3H3,(H,33,34). The highest BCUT2D eigenvalue weighted by molar-refractivity contribution is 7.90. The van der Waals surface area contributed by atoms with Crippen LogP contribution in [0.25, 0.3) is 11.1 Å². The van der Waals surface area contributed by atoms with Crippen LogP contribution in [0.3, 0.4) is 0 Å². The van der Waals surface area contributed by atoms with Gasteiger partial charge >= 0.3 is 5.97 Å². The number of aliphatic carboxylic acids is 1. The van der Waals surface area contributed by atoms with E-state index in [2.05, 4.69) is 5.32 Å². The number of carboxylic acids is 1. The van der Waals surface area contributed by atoms with E-state index in [0.29, 0.717) is 17.0 Å². The highest BCUT2D eigenvalue weighted by Crippen LogP contribution is 2.38. The lowest BCUT2D eigenvalue weighted by Crippen LogP contribution is -2.24. The quantitative estimate of drug-likeness (QED) is 0.311. The van der Waals surface area contributed by atoms with E-state index in [-0.39, 0.29) is 55.6 Å². The first-order chi connectivity index (χ1) is 18.4. The van der Waals surface area contributed by atoms with Crippen molar-refractivity contribution in [2.75, 3.05) is 30.5 Å². The van der Waals surface area contributed by atoms with E-state index in [4.69, 9.17) is 14.6 Å². The number of aryl methyl sites for hydroxylation is 2. The van der Waals surface area contributed by atoms with Gasteiger partial charge in [0.05, 0.1) is 24.1 Å². The van der Waals surface area contributed by atoms with Crippen molar-refractivity contribution in [2.45, 2.75) is 39.2 Å². The molecule has 0 radical (unpaired) electrons. The molecule has 1 unspecified atom stereocenters. The first-order valence-corrected chi connectivity index (χ1v) is 14.6. The Morgan fingerprint density at radius 1 is 1.18 bits per heavy atom. The first kappa shape index (κ1) is 28.4. The maximum absolute atomic E-state index is 15.2. The van der Waals surface area contributed by atoms with Gasteiger partial charge in [0, 0.05) is 18.7 Å². The molecule has 0 spiro atoms. The van der Waals surface area contributed by atoms with Crippen molar-refractivity contribution in [3.63, 3.8) is 0 Å². The number of carboxylic acid groups (broad SMARTS) is 1. The summed E-state index contributed by atoms with van der Waals surface area (Å²) in [6, 6.07) is 11.8. The predicted molar refractivity (Wildman–Crippen MR) is 145 cm³/mol. The summed E-state index contributed by atoms with van der Waals surface area (Å²) in [7, 11) is -3.11. The summed E-state index contributed by atoms with van der Waals surface area (Å²) < 4.78 is 63.9. The van der Waals surface area contributed by atoms with Gasteiger partial charge in [-0.3, -0.25) is 4.79 Å². The molecule has 1 aliphatic rings. The SMILES string of the molecule is Cc1cc(OCCCS(C)(=O)=O)c(F)c(C)c1-c1cccc(C2COc3cc(CCC(=O)O)c(F)cc3N2)c1. The number of carbonyl (C=O) groups is 1. The second-order valence-electron chi connectivity index (χ2n) is 9.80. The number of nitrogens with one attached hydrogen (secondary N) is 1. The van der Waals surface area contributed by atoms with Crippen molar-refractivity contribution >= 4 is 21.5 Å². The van der Waals surface area contributed by atoms with Crippen LogP contribution in [-0.2, 0) is 21.1 Å². The zero-order valence-electron chi connectivity index (χ0n) is 22.0. The number of fused-ring (bicyclic) bond motifs is 1. The molecule has 4 rings (SSSR count). The highest BCUT2D eigenvalue weighted by Gasteiger charge is 2.24. The molecule has 3 aromatic rings. The van der Waals surface area contributed by atoms with Crippen LogP contribution >= 0.6 is 0 Å². The van der Waals surface area contributed by atoms with Crippen LogP contribution in [0.5, 0.6) is 11.5 Å². The lowest BCUT2D eigenvalue weighted by atomic mass is 9.92. The second-order valence-corrected chi connectivity index (χ2v) is 12.1. The van der Waals surface area contributed by atoms with Gasteiger partial charge in [-0.2, -0.15) is 0 Å². The summed E-state index contributed by atoms with van der Waals surface area (Å²) in [5.74, 6) is -1.47. The minimum absolute atomic E-state index is 0.0284. The molecule has 208 valence electrons. The summed E-state index contributed by atoms with van der Waals surface area (Å²) in [6.07, 6.45) is 1.32. The van der Waals surface area contributed by atoms with Crippen LogP contribution in [0, 0.1) is 25.5 Å². The molecule has 0 aliphatic carbocycles. The van der Waals surface area contributed by atoms with Crippen LogP contribution in [0.2, 0.25) is 0 Å². The average Bonchev–Trinajstić information content (AvgIpc) is 2.87. The van der Waals surface area contributed by atoms with Crippen molar-refractivity contribution in [1.82, 2.24) is 0 Å². The Bertz CT molecular complexity index is 1510. The number of hydrogen-bond donors (Lipinski definition) is 2. The molecule has 0 fully saturated rings. The van der Waals surface area contributed by atoms with Gasteiger partial charge < -0.3 is 19.9 Å². The number of hydrogen-bond acceptors (Lipinski definition) is 6. The fourth-order valence-corrected chi connectivity index (χ4v) is 5.37. The Balaban J connectivity index is 1.53. The molecule has 0 bridgehead atoms. The van der Waals surface area contributed by atoms with Crippen molar-refractivity contribution in [3.8, 4) is 22.6 Å². The van der Waals surface area contributed by atoms with Crippen LogP contribution in [0.4, 0.5) is 14.5 Å². The van der Waals surface area contributed by atoms with Crippen LogP contribution in [-0.4, -0.2) is 44.7 Å². The zero-order valence-corrected chi connectivity index (χ0v) is 22.8. The summed E-state index contributed by atoms with van der Waals surface area (Å²) in [5, 5.41) is 12.2. The van der Waals surface area contributed by atoms with Crippen molar-refractivity contribution < 1.29 is 36.6 Å². The molecular formula is C29H31F2NO6S. The first-order valence-electron chi connectivity index (χ1n) is 12.6. The summed E-state index contributed by atoms with van der Waals surface area (Å²) in [6.45, 7) is 3.90. The normalized spacial score (nSPS) is 14.7. The molecule has 0 saturated heterocycles. The highest BCUT2D eigenvalue weighted by atomic mass is 32.2. The summed E-state index contributed by atoms with van der Waals surface area (Å²) in [4.78, 5) is 10.9. The predicted octanol–water partition coefficient (Wildman–Crippen LogP) is 5.62. The van der Waals surface area contributed by atoms with Gasteiger partial charge in [0.2, 0.25) is 0 Å². The molecule has 0 aromatic heterocycles. The molecule has 0 amide bonds. The van der Waals surface area contributed by atoms with Crippen molar-refractivity contribution in [1.29, 1.82) is 0 Å². The fourth-order valence-electron chi connectivity index (χ4n) is 4.73. The van der Waals surface area contributed by atoms with Crippen LogP contribution in [0.1, 0.15) is 41.1 Å². The number of anilines is 1. The van der Waals surface area contributed by atoms with E-state index < -0.39 is 27.4 Å². The van der Waals surface area contributed by atoms with E-state index in [0.717, 1.165) is 28.5 Å². The maximum atomic E-state index is 15.2. The molecule has 2 N–H and O–H groups in total. The average molecular weight is 560 g/mol. The minimum atomic E-state index is -3.11. The number of ether oxygens (including phenoxy) is 2. The molecule has 10 heteroatoms.